The maximum atomic E-state index is 13.8. The van der Waals surface area contributed by atoms with Gasteiger partial charge in [0, 0.05) is 11.1 Å². The summed E-state index contributed by atoms with van der Waals surface area (Å²) in [5.74, 6) is -1.18. The number of benzene rings is 1. The molecule has 1 aromatic carbocycles. The van der Waals surface area contributed by atoms with E-state index < -0.39 is 21.2 Å². The Morgan fingerprint density at radius 3 is 2.50 bits per heavy atom. The summed E-state index contributed by atoms with van der Waals surface area (Å²) in [6.07, 6.45) is 0. The van der Waals surface area contributed by atoms with Crippen LogP contribution in [0.1, 0.15) is 19.4 Å². The van der Waals surface area contributed by atoms with Crippen molar-refractivity contribution in [1.82, 2.24) is 0 Å². The van der Waals surface area contributed by atoms with Gasteiger partial charge < -0.3 is 10.5 Å². The lowest BCUT2D eigenvalue weighted by atomic mass is 10.1. The van der Waals surface area contributed by atoms with Crippen molar-refractivity contribution >= 4 is 9.84 Å². The summed E-state index contributed by atoms with van der Waals surface area (Å²) in [6, 6.07) is 4.43. The third-order valence-corrected chi connectivity index (χ3v) is 4.17. The van der Waals surface area contributed by atoms with Gasteiger partial charge in [-0.3, -0.25) is 0 Å². The molecule has 0 amide bonds. The van der Waals surface area contributed by atoms with Gasteiger partial charge in [-0.15, -0.1) is 0 Å². The van der Waals surface area contributed by atoms with Gasteiger partial charge in [0.1, 0.15) is 0 Å². The molecular formula is C12H18FNO3S. The fourth-order valence-electron chi connectivity index (χ4n) is 1.68. The summed E-state index contributed by atoms with van der Waals surface area (Å²) in [5, 5.41) is 0. The molecule has 18 heavy (non-hydrogen) atoms. The molecular weight excluding hydrogens is 257 g/mol. The molecule has 1 rings (SSSR count). The van der Waals surface area contributed by atoms with Crippen LogP contribution in [0.3, 0.4) is 0 Å². The van der Waals surface area contributed by atoms with Crippen LogP contribution in [0, 0.1) is 5.82 Å². The van der Waals surface area contributed by atoms with E-state index in [1.165, 1.54) is 19.2 Å². The fraction of sp³-hybridized carbons (Fsp3) is 0.500. The van der Waals surface area contributed by atoms with Crippen LogP contribution in [0.2, 0.25) is 0 Å². The molecule has 0 unspecified atom stereocenters. The van der Waals surface area contributed by atoms with E-state index in [0.717, 1.165) is 0 Å². The molecule has 0 spiro atoms. The second-order valence-electron chi connectivity index (χ2n) is 4.95. The lowest BCUT2D eigenvalue weighted by Crippen LogP contribution is -2.40. The number of rotatable bonds is 5. The first-order valence-corrected chi connectivity index (χ1v) is 7.27. The number of hydrogen-bond donors (Lipinski definition) is 1. The van der Waals surface area contributed by atoms with Gasteiger partial charge in [-0.1, -0.05) is 12.1 Å². The largest absolute Gasteiger partial charge is 0.494 e. The maximum absolute atomic E-state index is 13.8. The Kier molecular flexibility index (Phi) is 4.34. The van der Waals surface area contributed by atoms with E-state index >= 15 is 0 Å². The zero-order valence-corrected chi connectivity index (χ0v) is 11.6. The van der Waals surface area contributed by atoms with Crippen molar-refractivity contribution in [3.05, 3.63) is 29.6 Å². The molecule has 102 valence electrons. The molecule has 0 aliphatic carbocycles. The minimum absolute atomic E-state index is 0.0368. The van der Waals surface area contributed by atoms with Crippen LogP contribution in [0.4, 0.5) is 4.39 Å². The zero-order valence-electron chi connectivity index (χ0n) is 10.7. The molecule has 0 heterocycles. The Morgan fingerprint density at radius 1 is 1.39 bits per heavy atom. The summed E-state index contributed by atoms with van der Waals surface area (Å²) in [6.45, 7) is 3.24. The molecule has 0 radical (unpaired) electrons. The van der Waals surface area contributed by atoms with Gasteiger partial charge >= 0.3 is 0 Å². The molecule has 0 atom stereocenters. The highest BCUT2D eigenvalue weighted by atomic mass is 32.2. The maximum Gasteiger partial charge on any atom is 0.169 e. The Balaban J connectivity index is 2.98. The molecule has 0 fully saturated rings. The van der Waals surface area contributed by atoms with Crippen molar-refractivity contribution in [2.24, 2.45) is 5.73 Å². The average Bonchev–Trinajstić information content (AvgIpc) is 2.17. The number of halogens is 1. The van der Waals surface area contributed by atoms with E-state index in [1.54, 1.807) is 19.9 Å². The lowest BCUT2D eigenvalue weighted by molar-refractivity contribution is 0.385. The minimum atomic E-state index is -3.46. The molecule has 2 N–H and O–H groups in total. The van der Waals surface area contributed by atoms with E-state index in [-0.39, 0.29) is 22.8 Å². The van der Waals surface area contributed by atoms with Crippen molar-refractivity contribution in [2.45, 2.75) is 25.1 Å². The smallest absolute Gasteiger partial charge is 0.169 e. The second kappa shape index (κ2) is 5.24. The van der Waals surface area contributed by atoms with Crippen molar-refractivity contribution in [2.75, 3.05) is 12.9 Å². The highest BCUT2D eigenvalue weighted by molar-refractivity contribution is 7.90. The summed E-state index contributed by atoms with van der Waals surface area (Å²) in [5.41, 5.74) is 4.93. The fourth-order valence-corrected chi connectivity index (χ4v) is 3.61. The summed E-state index contributed by atoms with van der Waals surface area (Å²) in [4.78, 5) is 0. The number of methoxy groups -OCH3 is 1. The lowest BCUT2D eigenvalue weighted by Gasteiger charge is -2.18. The standard InChI is InChI=1S/C12H18FNO3S/c1-12(2,14)8-18(15,16)7-9-5-4-6-10(17-3)11(9)13/h4-6H,7-8,14H2,1-3H3. The minimum Gasteiger partial charge on any atom is -0.494 e. The topological polar surface area (TPSA) is 69.4 Å². The Hall–Kier alpha value is -1.14. The first-order chi connectivity index (χ1) is 8.14. The van der Waals surface area contributed by atoms with Crippen LogP contribution in [0.25, 0.3) is 0 Å². The summed E-state index contributed by atoms with van der Waals surface area (Å²) in [7, 11) is -2.13. The summed E-state index contributed by atoms with van der Waals surface area (Å²) < 4.78 is 42.4. The van der Waals surface area contributed by atoms with Crippen molar-refractivity contribution in [1.29, 1.82) is 0 Å². The Labute approximate surface area is 107 Å². The SMILES string of the molecule is COc1cccc(CS(=O)(=O)CC(C)(C)N)c1F. The van der Waals surface area contributed by atoms with Crippen LogP contribution in [0.15, 0.2) is 18.2 Å². The van der Waals surface area contributed by atoms with E-state index in [2.05, 4.69) is 0 Å². The highest BCUT2D eigenvalue weighted by Gasteiger charge is 2.24. The van der Waals surface area contributed by atoms with E-state index in [1.807, 2.05) is 0 Å². The highest BCUT2D eigenvalue weighted by Crippen LogP contribution is 2.22. The second-order valence-corrected chi connectivity index (χ2v) is 7.02. The molecule has 0 aromatic heterocycles. The van der Waals surface area contributed by atoms with Crippen molar-refractivity contribution in [3.8, 4) is 5.75 Å². The first-order valence-electron chi connectivity index (χ1n) is 5.45. The molecule has 0 aliphatic rings. The van der Waals surface area contributed by atoms with Crippen LogP contribution in [-0.2, 0) is 15.6 Å². The number of ether oxygens (including phenoxy) is 1. The van der Waals surface area contributed by atoms with Gasteiger partial charge in [0.25, 0.3) is 0 Å². The third kappa shape index (κ3) is 4.27. The molecule has 0 saturated carbocycles. The van der Waals surface area contributed by atoms with Gasteiger partial charge in [-0.25, -0.2) is 12.8 Å². The van der Waals surface area contributed by atoms with Crippen LogP contribution < -0.4 is 10.5 Å². The average molecular weight is 275 g/mol. The van der Waals surface area contributed by atoms with Gasteiger partial charge in [0.05, 0.1) is 18.6 Å². The van der Waals surface area contributed by atoms with Crippen molar-refractivity contribution < 1.29 is 17.5 Å². The van der Waals surface area contributed by atoms with Gasteiger partial charge in [-0.2, -0.15) is 0 Å². The molecule has 4 nitrogen and oxygen atoms in total. The first kappa shape index (κ1) is 14.9. The Morgan fingerprint density at radius 2 is 2.00 bits per heavy atom. The molecule has 0 bridgehead atoms. The van der Waals surface area contributed by atoms with E-state index in [4.69, 9.17) is 10.5 Å². The predicted octanol–water partition coefficient (Wildman–Crippen LogP) is 1.49. The normalized spacial score (nSPS) is 12.5. The van der Waals surface area contributed by atoms with Gasteiger partial charge in [0.2, 0.25) is 0 Å². The molecule has 0 aliphatic heterocycles. The van der Waals surface area contributed by atoms with Crippen LogP contribution in [0.5, 0.6) is 5.75 Å². The number of sulfone groups is 1. The monoisotopic (exact) mass is 275 g/mol. The predicted molar refractivity (Wildman–Crippen MR) is 68.7 cm³/mol. The van der Waals surface area contributed by atoms with E-state index in [9.17, 15) is 12.8 Å². The van der Waals surface area contributed by atoms with E-state index in [0.29, 0.717) is 0 Å². The molecule has 1 aromatic rings. The van der Waals surface area contributed by atoms with Gasteiger partial charge in [0.15, 0.2) is 21.4 Å². The van der Waals surface area contributed by atoms with Crippen molar-refractivity contribution in [3.63, 3.8) is 0 Å². The third-order valence-electron chi connectivity index (χ3n) is 2.23. The zero-order chi connectivity index (χ0) is 14.0. The molecule has 6 heteroatoms. The summed E-state index contributed by atoms with van der Waals surface area (Å²) >= 11 is 0. The quantitative estimate of drug-likeness (QED) is 0.884. The van der Waals surface area contributed by atoms with Gasteiger partial charge in [-0.05, 0) is 19.9 Å². The molecule has 0 saturated heterocycles. The van der Waals surface area contributed by atoms with Crippen LogP contribution >= 0.6 is 0 Å². The Bertz CT molecular complexity index is 521. The van der Waals surface area contributed by atoms with Crippen LogP contribution in [-0.4, -0.2) is 26.8 Å². The number of nitrogens with two attached hydrogens (primary N) is 1. The number of hydrogen-bond acceptors (Lipinski definition) is 4.